The topological polar surface area (TPSA) is 33.6 Å². The fourth-order valence-corrected chi connectivity index (χ4v) is 6.62. The summed E-state index contributed by atoms with van der Waals surface area (Å²) in [5.41, 5.74) is 3.32. The molecule has 1 aromatic heterocycles. The maximum absolute atomic E-state index is 8.80. The average Bonchev–Trinajstić information content (AvgIpc) is 3.29. The van der Waals surface area contributed by atoms with Gasteiger partial charge in [0.15, 0.2) is 6.23 Å². The monoisotopic (exact) mass is 415 g/mol. The number of thiophene rings is 1. The van der Waals surface area contributed by atoms with Crippen molar-refractivity contribution in [1.82, 2.24) is 5.32 Å². The Bertz CT molecular complexity index is 1090. The maximum atomic E-state index is 8.80. The van der Waals surface area contributed by atoms with Gasteiger partial charge in [-0.2, -0.15) is 0 Å². The number of rotatable bonds is 2. The lowest BCUT2D eigenvalue weighted by Gasteiger charge is -2.32. The SMILES string of the molecule is [2H]C([2H])([2H])C1=N[C@H]2OC3=C([C@H]4Cc5c(sc(C([2H])([2H])C(C)(C)C)c5C)CN4)CCC[C@H]3C2C=C1. The van der Waals surface area contributed by atoms with Gasteiger partial charge in [-0.05, 0) is 74.0 Å². The molecule has 1 aliphatic carbocycles. The van der Waals surface area contributed by atoms with Crippen molar-refractivity contribution in [3.05, 3.63) is 44.4 Å². The summed E-state index contributed by atoms with van der Waals surface area (Å²) in [5.74, 6) is 1.37. The zero-order chi connectivity index (χ0) is 24.6. The van der Waals surface area contributed by atoms with E-state index in [0.29, 0.717) is 0 Å². The van der Waals surface area contributed by atoms with Gasteiger partial charge in [0.2, 0.25) is 0 Å². The minimum Gasteiger partial charge on any atom is -0.472 e. The van der Waals surface area contributed by atoms with E-state index >= 15 is 0 Å². The molecule has 4 heteroatoms. The Kier molecular flexibility index (Phi) is 3.57. The lowest BCUT2D eigenvalue weighted by Crippen LogP contribution is -2.38. The van der Waals surface area contributed by atoms with Crippen LogP contribution in [0.2, 0.25) is 0 Å². The fraction of sp³-hybridized carbons (Fsp3) is 0.640. The summed E-state index contributed by atoms with van der Waals surface area (Å²) in [7, 11) is 0. The van der Waals surface area contributed by atoms with Crippen LogP contribution in [0, 0.1) is 24.2 Å². The van der Waals surface area contributed by atoms with Crippen molar-refractivity contribution in [3.8, 4) is 0 Å². The first-order chi connectivity index (χ1) is 15.8. The van der Waals surface area contributed by atoms with E-state index in [1.807, 2.05) is 26.8 Å². The Morgan fingerprint density at radius 3 is 3.07 bits per heavy atom. The number of aliphatic imine (C=N–C) groups is 1. The first kappa shape index (κ1) is 14.6. The highest BCUT2D eigenvalue weighted by Crippen LogP contribution is 2.48. The average molecular weight is 416 g/mol. The predicted molar refractivity (Wildman–Crippen MR) is 122 cm³/mol. The Morgan fingerprint density at radius 2 is 2.28 bits per heavy atom. The van der Waals surface area contributed by atoms with Gasteiger partial charge in [0.1, 0.15) is 5.76 Å². The highest BCUT2D eigenvalue weighted by atomic mass is 32.1. The van der Waals surface area contributed by atoms with Crippen LogP contribution >= 0.6 is 11.3 Å². The molecule has 1 aromatic rings. The van der Waals surface area contributed by atoms with E-state index in [1.165, 1.54) is 16.0 Å². The number of nitrogens with one attached hydrogen (secondary N) is 1. The number of dihydropyridines is 1. The first-order valence-corrected chi connectivity index (χ1v) is 11.6. The van der Waals surface area contributed by atoms with Crippen LogP contribution in [-0.2, 0) is 24.1 Å². The second kappa shape index (κ2) is 7.09. The normalized spacial score (nSPS) is 34.6. The van der Waals surface area contributed by atoms with E-state index in [0.717, 1.165) is 48.4 Å². The van der Waals surface area contributed by atoms with Gasteiger partial charge >= 0.3 is 0 Å². The largest absolute Gasteiger partial charge is 0.472 e. The van der Waals surface area contributed by atoms with E-state index in [4.69, 9.17) is 11.6 Å². The van der Waals surface area contributed by atoms with Gasteiger partial charge in [-0.25, -0.2) is 4.99 Å². The van der Waals surface area contributed by atoms with Crippen LogP contribution in [0.25, 0.3) is 0 Å². The molecule has 4 aliphatic rings. The lowest BCUT2D eigenvalue weighted by molar-refractivity contribution is 0.146. The van der Waals surface area contributed by atoms with Crippen molar-refractivity contribution < 1.29 is 11.6 Å². The molecule has 29 heavy (non-hydrogen) atoms. The fourth-order valence-electron chi connectivity index (χ4n) is 5.23. The maximum Gasteiger partial charge on any atom is 0.196 e. The molecule has 0 radical (unpaired) electrons. The molecule has 0 aromatic carbocycles. The molecule has 0 spiro atoms. The van der Waals surface area contributed by atoms with Crippen molar-refractivity contribution in [3.63, 3.8) is 0 Å². The van der Waals surface area contributed by atoms with Crippen LogP contribution in [-0.4, -0.2) is 18.0 Å². The van der Waals surface area contributed by atoms with Crippen molar-refractivity contribution in [1.29, 1.82) is 0 Å². The van der Waals surface area contributed by atoms with E-state index in [2.05, 4.69) is 17.2 Å². The Morgan fingerprint density at radius 1 is 1.41 bits per heavy atom. The van der Waals surface area contributed by atoms with Gasteiger partial charge in [0, 0.05) is 46.7 Å². The van der Waals surface area contributed by atoms with Crippen LogP contribution in [0.3, 0.4) is 0 Å². The van der Waals surface area contributed by atoms with Gasteiger partial charge < -0.3 is 10.1 Å². The molecule has 5 rings (SSSR count). The second-order valence-electron chi connectivity index (χ2n) is 9.82. The summed E-state index contributed by atoms with van der Waals surface area (Å²) in [4.78, 5) is 6.57. The summed E-state index contributed by atoms with van der Waals surface area (Å²) >= 11 is 1.62. The number of hydrogen-bond acceptors (Lipinski definition) is 4. The number of nitrogens with zero attached hydrogens (tertiary/aromatic N) is 1. The van der Waals surface area contributed by atoms with Gasteiger partial charge in [-0.15, -0.1) is 11.3 Å². The van der Waals surface area contributed by atoms with E-state index in [9.17, 15) is 0 Å². The van der Waals surface area contributed by atoms with Crippen LogP contribution in [0.1, 0.15) is 74.6 Å². The van der Waals surface area contributed by atoms with Gasteiger partial charge in [0.05, 0.1) is 0 Å². The van der Waals surface area contributed by atoms with E-state index in [-0.39, 0.29) is 23.6 Å². The highest BCUT2D eigenvalue weighted by Gasteiger charge is 2.45. The Balaban J connectivity index is 1.45. The van der Waals surface area contributed by atoms with Gasteiger partial charge in [-0.3, -0.25) is 0 Å². The quantitative estimate of drug-likeness (QED) is 0.670. The summed E-state index contributed by atoms with van der Waals surface area (Å²) in [5, 5.41) is 3.71. The summed E-state index contributed by atoms with van der Waals surface area (Å²) < 4.78 is 47.1. The number of hydrogen-bond donors (Lipinski definition) is 1. The van der Waals surface area contributed by atoms with Crippen molar-refractivity contribution >= 4 is 17.0 Å². The molecule has 0 saturated carbocycles. The molecular weight excluding hydrogens is 376 g/mol. The third-order valence-corrected chi connectivity index (χ3v) is 7.83. The molecule has 1 fully saturated rings. The lowest BCUT2D eigenvalue weighted by atomic mass is 9.77. The van der Waals surface area contributed by atoms with Crippen LogP contribution < -0.4 is 5.32 Å². The van der Waals surface area contributed by atoms with Crippen LogP contribution in [0.5, 0.6) is 0 Å². The number of ether oxygens (including phenoxy) is 1. The Labute approximate surface area is 186 Å². The zero-order valence-corrected chi connectivity index (χ0v) is 18.6. The molecule has 0 amide bonds. The van der Waals surface area contributed by atoms with Crippen LogP contribution in [0.15, 0.2) is 28.5 Å². The third kappa shape index (κ3) is 3.53. The molecular formula is C25H34N2OS. The number of allylic oxidation sites excluding steroid dienone is 2. The molecule has 0 bridgehead atoms. The predicted octanol–water partition coefficient (Wildman–Crippen LogP) is 5.72. The highest BCUT2D eigenvalue weighted by molar-refractivity contribution is 7.12. The van der Waals surface area contributed by atoms with E-state index < -0.39 is 24.9 Å². The molecule has 1 N–H and O–H groups in total. The van der Waals surface area contributed by atoms with Crippen LogP contribution in [0.4, 0.5) is 0 Å². The zero-order valence-electron chi connectivity index (χ0n) is 22.8. The second-order valence-corrected chi connectivity index (χ2v) is 10.9. The summed E-state index contributed by atoms with van der Waals surface area (Å²) in [6.07, 6.45) is 5.76. The van der Waals surface area contributed by atoms with E-state index in [1.54, 1.807) is 17.4 Å². The first-order valence-electron chi connectivity index (χ1n) is 13.3. The summed E-state index contributed by atoms with van der Waals surface area (Å²) in [6.45, 7) is 6.49. The standard InChI is InChI=1S/C25H34N2OS/c1-14-9-10-17-16-7-6-8-18(23(16)28-24(17)27-14)20-11-19-15(2)21(12-25(3,4)5)29-22(19)13-26-20/h9-10,16-17,20,24,26H,6-8,11-13H2,1-5H3/t16-,17?,20+,24-/m0/s1/i1D3,12D2. The third-order valence-electron chi connectivity index (χ3n) is 6.58. The van der Waals surface area contributed by atoms with Crippen molar-refractivity contribution in [2.45, 2.75) is 85.4 Å². The Hall–Kier alpha value is -1.39. The van der Waals surface area contributed by atoms with Gasteiger partial charge in [-0.1, -0.05) is 26.8 Å². The molecule has 1 saturated heterocycles. The van der Waals surface area contributed by atoms with Crippen molar-refractivity contribution in [2.24, 2.45) is 22.2 Å². The molecule has 156 valence electrons. The molecule has 1 unspecified atom stereocenters. The molecule has 3 nitrogen and oxygen atoms in total. The van der Waals surface area contributed by atoms with Crippen molar-refractivity contribution in [2.75, 3.05) is 0 Å². The molecule has 3 aliphatic heterocycles. The molecule has 4 atom stereocenters. The number of fused-ring (bicyclic) bond motifs is 4. The summed E-state index contributed by atoms with van der Waals surface area (Å²) in [6, 6.07) is 0.155. The smallest absolute Gasteiger partial charge is 0.196 e. The minimum absolute atomic E-state index is 0.101. The molecule has 4 heterocycles. The van der Waals surface area contributed by atoms with Gasteiger partial charge in [0.25, 0.3) is 0 Å². The minimum atomic E-state index is -2.22.